The number of hydrogen-bond acceptors (Lipinski definition) is 4. The van der Waals surface area contributed by atoms with Crippen molar-refractivity contribution in [1.29, 1.82) is 0 Å². The molecule has 0 saturated carbocycles. The van der Waals surface area contributed by atoms with Gasteiger partial charge in [0.1, 0.15) is 11.5 Å². The smallest absolute Gasteiger partial charge is 0.258 e. The summed E-state index contributed by atoms with van der Waals surface area (Å²) in [5.74, 6) is 0.117. The van der Waals surface area contributed by atoms with Crippen LogP contribution in [0.25, 0.3) is 0 Å². The van der Waals surface area contributed by atoms with Gasteiger partial charge in [-0.2, -0.15) is 0 Å². The summed E-state index contributed by atoms with van der Waals surface area (Å²) in [7, 11) is 0. The normalized spacial score (nSPS) is 14.6. The van der Waals surface area contributed by atoms with E-state index >= 15 is 0 Å². The van der Waals surface area contributed by atoms with Crippen LogP contribution in [0.4, 0.5) is 0 Å². The van der Waals surface area contributed by atoms with Gasteiger partial charge in [-0.05, 0) is 42.2 Å². The van der Waals surface area contributed by atoms with Crippen molar-refractivity contribution >= 4 is 5.91 Å². The van der Waals surface area contributed by atoms with Crippen molar-refractivity contribution in [2.75, 3.05) is 26.3 Å². The SMILES string of the molecule is O=C(c1c(O)cccc1CCc1ccc(O)cc1)N1CCOCC1. The minimum absolute atomic E-state index is 0.0229. The lowest BCUT2D eigenvalue weighted by atomic mass is 9.98. The summed E-state index contributed by atoms with van der Waals surface area (Å²) in [5.41, 5.74) is 2.29. The van der Waals surface area contributed by atoms with E-state index in [9.17, 15) is 15.0 Å². The summed E-state index contributed by atoms with van der Waals surface area (Å²) >= 11 is 0. The lowest BCUT2D eigenvalue weighted by Gasteiger charge is -2.28. The van der Waals surface area contributed by atoms with Gasteiger partial charge in [0.05, 0.1) is 18.8 Å². The number of carbonyl (C=O) groups excluding carboxylic acids is 1. The van der Waals surface area contributed by atoms with Crippen molar-refractivity contribution in [3.63, 3.8) is 0 Å². The Morgan fingerprint density at radius 1 is 1.00 bits per heavy atom. The topological polar surface area (TPSA) is 70.0 Å². The van der Waals surface area contributed by atoms with Crippen molar-refractivity contribution in [3.05, 3.63) is 59.2 Å². The fourth-order valence-corrected chi connectivity index (χ4v) is 2.91. The number of nitrogens with zero attached hydrogens (tertiary/aromatic N) is 1. The Kier molecular flexibility index (Phi) is 5.01. The third-order valence-electron chi connectivity index (χ3n) is 4.26. The first-order valence-electron chi connectivity index (χ1n) is 8.11. The van der Waals surface area contributed by atoms with E-state index in [0.29, 0.717) is 38.3 Å². The van der Waals surface area contributed by atoms with Crippen LogP contribution in [0.3, 0.4) is 0 Å². The van der Waals surface area contributed by atoms with Crippen molar-refractivity contribution < 1.29 is 19.7 Å². The van der Waals surface area contributed by atoms with Gasteiger partial charge in [-0.3, -0.25) is 4.79 Å². The molecule has 1 saturated heterocycles. The fraction of sp³-hybridized carbons (Fsp3) is 0.316. The molecule has 2 aromatic carbocycles. The molecule has 0 aromatic heterocycles. The van der Waals surface area contributed by atoms with Crippen LogP contribution in [0, 0.1) is 0 Å². The van der Waals surface area contributed by atoms with Crippen molar-refractivity contribution in [3.8, 4) is 11.5 Å². The van der Waals surface area contributed by atoms with E-state index in [0.717, 1.165) is 17.5 Å². The molecule has 1 aliphatic heterocycles. The summed E-state index contributed by atoms with van der Waals surface area (Å²) in [6.45, 7) is 2.15. The lowest BCUT2D eigenvalue weighted by Crippen LogP contribution is -2.41. The molecule has 1 aliphatic rings. The second-order valence-corrected chi connectivity index (χ2v) is 5.88. The predicted molar refractivity (Wildman–Crippen MR) is 90.3 cm³/mol. The molecule has 1 fully saturated rings. The molecule has 0 unspecified atom stereocenters. The highest BCUT2D eigenvalue weighted by atomic mass is 16.5. The average molecular weight is 327 g/mol. The van der Waals surface area contributed by atoms with Crippen molar-refractivity contribution in [1.82, 2.24) is 4.90 Å². The number of phenolic OH excluding ortho intramolecular Hbond substituents is 2. The van der Waals surface area contributed by atoms with Crippen molar-refractivity contribution in [2.24, 2.45) is 0 Å². The van der Waals surface area contributed by atoms with Crippen LogP contribution in [-0.4, -0.2) is 47.3 Å². The molecule has 0 spiro atoms. The molecule has 5 heteroatoms. The van der Waals surface area contributed by atoms with Crippen LogP contribution in [0.1, 0.15) is 21.5 Å². The predicted octanol–water partition coefficient (Wildman–Crippen LogP) is 2.36. The molecule has 3 rings (SSSR count). The Labute approximate surface area is 141 Å². The largest absolute Gasteiger partial charge is 0.508 e. The fourth-order valence-electron chi connectivity index (χ4n) is 2.91. The zero-order valence-electron chi connectivity index (χ0n) is 13.4. The first-order valence-corrected chi connectivity index (χ1v) is 8.11. The second kappa shape index (κ2) is 7.36. The van der Waals surface area contributed by atoms with Crippen LogP contribution in [-0.2, 0) is 17.6 Å². The molecule has 0 radical (unpaired) electrons. The van der Waals surface area contributed by atoms with E-state index in [4.69, 9.17) is 4.74 Å². The van der Waals surface area contributed by atoms with Gasteiger partial charge in [0, 0.05) is 13.1 Å². The number of morpholine rings is 1. The van der Waals surface area contributed by atoms with Crippen LogP contribution in [0.15, 0.2) is 42.5 Å². The number of rotatable bonds is 4. The number of ether oxygens (including phenoxy) is 1. The Hall–Kier alpha value is -2.53. The minimum Gasteiger partial charge on any atom is -0.508 e. The molecular weight excluding hydrogens is 306 g/mol. The van der Waals surface area contributed by atoms with Gasteiger partial charge in [-0.25, -0.2) is 0 Å². The third-order valence-corrected chi connectivity index (χ3v) is 4.26. The highest BCUT2D eigenvalue weighted by Gasteiger charge is 2.23. The average Bonchev–Trinajstić information content (AvgIpc) is 2.61. The first-order chi connectivity index (χ1) is 11.6. The van der Waals surface area contributed by atoms with Crippen LogP contribution >= 0.6 is 0 Å². The maximum absolute atomic E-state index is 12.8. The van der Waals surface area contributed by atoms with Gasteiger partial charge >= 0.3 is 0 Å². The zero-order valence-corrected chi connectivity index (χ0v) is 13.4. The number of carbonyl (C=O) groups is 1. The molecule has 0 aliphatic carbocycles. The molecule has 0 bridgehead atoms. The van der Waals surface area contributed by atoms with Gasteiger partial charge in [0.25, 0.3) is 5.91 Å². The van der Waals surface area contributed by atoms with E-state index in [1.807, 2.05) is 18.2 Å². The Balaban J connectivity index is 1.79. The number of aromatic hydroxyl groups is 2. The number of hydrogen-bond donors (Lipinski definition) is 2. The van der Waals surface area contributed by atoms with Gasteiger partial charge in [-0.1, -0.05) is 24.3 Å². The quantitative estimate of drug-likeness (QED) is 0.904. The number of benzene rings is 2. The maximum Gasteiger partial charge on any atom is 0.258 e. The highest BCUT2D eigenvalue weighted by Crippen LogP contribution is 2.25. The van der Waals surface area contributed by atoms with E-state index in [1.54, 1.807) is 29.2 Å². The molecule has 2 aromatic rings. The first kappa shape index (κ1) is 16.3. The van der Waals surface area contributed by atoms with Gasteiger partial charge < -0.3 is 19.8 Å². The number of aryl methyl sites for hydroxylation is 2. The second-order valence-electron chi connectivity index (χ2n) is 5.88. The molecule has 126 valence electrons. The van der Waals surface area contributed by atoms with Gasteiger partial charge in [0.15, 0.2) is 0 Å². The zero-order chi connectivity index (χ0) is 16.9. The van der Waals surface area contributed by atoms with Gasteiger partial charge in [-0.15, -0.1) is 0 Å². The minimum atomic E-state index is -0.142. The van der Waals surface area contributed by atoms with Crippen LogP contribution in [0.2, 0.25) is 0 Å². The maximum atomic E-state index is 12.8. The van der Waals surface area contributed by atoms with E-state index in [1.165, 1.54) is 0 Å². The summed E-state index contributed by atoms with van der Waals surface area (Å²) in [5, 5.41) is 19.6. The van der Waals surface area contributed by atoms with E-state index in [2.05, 4.69) is 0 Å². The summed E-state index contributed by atoms with van der Waals surface area (Å²) < 4.78 is 5.28. The summed E-state index contributed by atoms with van der Waals surface area (Å²) in [6.07, 6.45) is 1.37. The summed E-state index contributed by atoms with van der Waals surface area (Å²) in [6, 6.07) is 12.2. The number of phenols is 2. The van der Waals surface area contributed by atoms with Crippen LogP contribution < -0.4 is 0 Å². The molecule has 0 atom stereocenters. The molecule has 1 heterocycles. The van der Waals surface area contributed by atoms with Gasteiger partial charge in [0.2, 0.25) is 0 Å². The third kappa shape index (κ3) is 3.68. The summed E-state index contributed by atoms with van der Waals surface area (Å²) in [4.78, 5) is 14.5. The van der Waals surface area contributed by atoms with E-state index < -0.39 is 0 Å². The Morgan fingerprint density at radius 3 is 2.42 bits per heavy atom. The van der Waals surface area contributed by atoms with Crippen molar-refractivity contribution in [2.45, 2.75) is 12.8 Å². The van der Waals surface area contributed by atoms with Crippen LogP contribution in [0.5, 0.6) is 11.5 Å². The van der Waals surface area contributed by atoms with E-state index in [-0.39, 0.29) is 17.4 Å². The number of amides is 1. The molecule has 1 amide bonds. The standard InChI is InChI=1S/C19H21NO4/c21-16-8-5-14(6-9-16)4-7-15-2-1-3-17(22)18(15)19(23)20-10-12-24-13-11-20/h1-3,5-6,8-9,21-22H,4,7,10-13H2. The monoisotopic (exact) mass is 327 g/mol. The highest BCUT2D eigenvalue weighted by molar-refractivity contribution is 5.98. The molecule has 5 nitrogen and oxygen atoms in total. The molecule has 2 N–H and O–H groups in total. The lowest BCUT2D eigenvalue weighted by molar-refractivity contribution is 0.0300. The molecule has 24 heavy (non-hydrogen) atoms. The molecular formula is C19H21NO4. The Morgan fingerprint density at radius 2 is 1.71 bits per heavy atom. The Bertz CT molecular complexity index is 706.